The molecule has 0 amide bonds. The molecule has 162 valence electrons. The number of hydrogen-bond acceptors (Lipinski definition) is 6. The minimum atomic E-state index is -1.83. The first-order chi connectivity index (χ1) is 14.9. The monoisotopic (exact) mass is 422 g/mol. The van der Waals surface area contributed by atoms with Crippen LogP contribution in [0.3, 0.4) is 0 Å². The standard InChI is InChI=1S/C22H20N2O5.C2H6/c1-3-12-13-7-11(25)5-6-17(13)23-19-14(12)9-24-18(19)8-16-15(20(24)26)10-29-21(27)22(16,28)4-2;1-2/h5-8,25,28H,3-4,9-10H2,1-2H3;1-2H3/t22-;/m1./s1. The number of rotatable bonds is 2. The van der Waals surface area contributed by atoms with Crippen LogP contribution in [0.15, 0.2) is 29.1 Å². The number of esters is 1. The number of aromatic hydroxyl groups is 1. The third kappa shape index (κ3) is 2.87. The molecule has 0 spiro atoms. The molecule has 2 aromatic heterocycles. The first kappa shape index (κ1) is 21.1. The minimum absolute atomic E-state index is 0.110. The first-order valence-corrected chi connectivity index (χ1v) is 10.7. The minimum Gasteiger partial charge on any atom is -0.508 e. The molecule has 1 atom stereocenters. The number of hydrogen-bond donors (Lipinski definition) is 2. The second-order valence-corrected chi connectivity index (χ2v) is 7.58. The van der Waals surface area contributed by atoms with E-state index in [1.165, 1.54) is 0 Å². The summed E-state index contributed by atoms with van der Waals surface area (Å²) in [5.41, 5.74) is 2.47. The Bertz CT molecular complexity index is 1280. The molecule has 0 saturated heterocycles. The fraction of sp³-hybridized carbons (Fsp3) is 0.375. The van der Waals surface area contributed by atoms with Crippen molar-refractivity contribution in [3.63, 3.8) is 0 Å². The molecule has 2 aliphatic heterocycles. The Morgan fingerprint density at radius 1 is 1.16 bits per heavy atom. The number of aromatic nitrogens is 2. The van der Waals surface area contributed by atoms with Gasteiger partial charge in [0.25, 0.3) is 5.56 Å². The zero-order chi connectivity index (χ0) is 22.5. The van der Waals surface area contributed by atoms with Crippen LogP contribution in [0.2, 0.25) is 0 Å². The molecule has 0 unspecified atom stereocenters. The third-order valence-electron chi connectivity index (χ3n) is 6.14. The number of nitrogens with zero attached hydrogens (tertiary/aromatic N) is 2. The van der Waals surface area contributed by atoms with Crippen LogP contribution < -0.4 is 5.56 Å². The lowest BCUT2D eigenvalue weighted by Gasteiger charge is -2.31. The normalized spacial score (nSPS) is 18.5. The highest BCUT2D eigenvalue weighted by molar-refractivity contribution is 5.89. The van der Waals surface area contributed by atoms with E-state index < -0.39 is 11.6 Å². The number of benzene rings is 1. The van der Waals surface area contributed by atoms with Gasteiger partial charge in [-0.1, -0.05) is 27.7 Å². The molecule has 7 heteroatoms. The van der Waals surface area contributed by atoms with Crippen molar-refractivity contribution >= 4 is 16.9 Å². The topological polar surface area (TPSA) is 102 Å². The molecule has 0 aliphatic carbocycles. The van der Waals surface area contributed by atoms with Crippen LogP contribution in [-0.4, -0.2) is 25.7 Å². The van der Waals surface area contributed by atoms with E-state index in [-0.39, 0.29) is 24.3 Å². The summed E-state index contributed by atoms with van der Waals surface area (Å²) in [6.45, 7) is 7.92. The van der Waals surface area contributed by atoms with Crippen LogP contribution in [0.25, 0.3) is 22.3 Å². The smallest absolute Gasteiger partial charge is 0.343 e. The average molecular weight is 422 g/mol. The van der Waals surface area contributed by atoms with Crippen molar-refractivity contribution in [3.8, 4) is 17.1 Å². The van der Waals surface area contributed by atoms with Gasteiger partial charge in [-0.2, -0.15) is 0 Å². The number of phenols is 1. The van der Waals surface area contributed by atoms with Gasteiger partial charge in [0.15, 0.2) is 5.60 Å². The van der Waals surface area contributed by atoms with Gasteiger partial charge in [0, 0.05) is 16.5 Å². The quantitative estimate of drug-likeness (QED) is 0.480. The largest absolute Gasteiger partial charge is 0.508 e. The molecule has 2 aliphatic rings. The summed E-state index contributed by atoms with van der Waals surface area (Å²) in [5.74, 6) is -0.563. The number of cyclic esters (lactones) is 1. The van der Waals surface area contributed by atoms with Crippen LogP contribution in [0.1, 0.15) is 56.4 Å². The van der Waals surface area contributed by atoms with Gasteiger partial charge in [-0.3, -0.25) is 4.79 Å². The molecule has 2 N–H and O–H groups in total. The van der Waals surface area contributed by atoms with Gasteiger partial charge >= 0.3 is 5.97 Å². The van der Waals surface area contributed by atoms with E-state index in [2.05, 4.69) is 0 Å². The summed E-state index contributed by atoms with van der Waals surface area (Å²) in [7, 11) is 0. The van der Waals surface area contributed by atoms with Gasteiger partial charge in [0.2, 0.25) is 0 Å². The molecule has 1 aromatic carbocycles. The molecule has 3 aromatic rings. The van der Waals surface area contributed by atoms with Crippen molar-refractivity contribution < 1.29 is 19.7 Å². The second kappa shape index (κ2) is 7.50. The van der Waals surface area contributed by atoms with Gasteiger partial charge in [-0.25, -0.2) is 9.78 Å². The molecule has 4 heterocycles. The molecular formula is C24H26N2O5. The number of ether oxygens (including phenoxy) is 1. The predicted molar refractivity (Wildman–Crippen MR) is 117 cm³/mol. The Balaban J connectivity index is 0.00000112. The molecule has 0 radical (unpaired) electrons. The molecule has 0 fully saturated rings. The number of aryl methyl sites for hydroxylation is 1. The molecule has 0 saturated carbocycles. The molecular weight excluding hydrogens is 396 g/mol. The van der Waals surface area contributed by atoms with Crippen LogP contribution in [0.4, 0.5) is 0 Å². The molecule has 0 bridgehead atoms. The maximum atomic E-state index is 13.2. The van der Waals surface area contributed by atoms with E-state index in [1.807, 2.05) is 20.8 Å². The summed E-state index contributed by atoms with van der Waals surface area (Å²) in [5, 5.41) is 21.7. The fourth-order valence-electron chi connectivity index (χ4n) is 4.55. The zero-order valence-corrected chi connectivity index (χ0v) is 18.2. The molecule has 31 heavy (non-hydrogen) atoms. The van der Waals surface area contributed by atoms with E-state index in [9.17, 15) is 19.8 Å². The number of fused-ring (bicyclic) bond motifs is 5. The average Bonchev–Trinajstić information content (AvgIpc) is 3.15. The van der Waals surface area contributed by atoms with Gasteiger partial charge in [0.1, 0.15) is 12.4 Å². The van der Waals surface area contributed by atoms with Crippen LogP contribution in [0.5, 0.6) is 5.75 Å². The van der Waals surface area contributed by atoms with Gasteiger partial charge in [0.05, 0.1) is 29.0 Å². The lowest BCUT2D eigenvalue weighted by molar-refractivity contribution is -0.172. The number of aliphatic hydroxyl groups is 1. The van der Waals surface area contributed by atoms with Crippen molar-refractivity contribution in [2.24, 2.45) is 0 Å². The second-order valence-electron chi connectivity index (χ2n) is 7.58. The summed E-state index contributed by atoms with van der Waals surface area (Å²) in [6.07, 6.45) is 0.826. The van der Waals surface area contributed by atoms with Gasteiger partial charge < -0.3 is 19.5 Å². The van der Waals surface area contributed by atoms with Crippen molar-refractivity contribution in [2.45, 2.75) is 59.3 Å². The number of carbonyl (C=O) groups excluding carboxylic acids is 1. The van der Waals surface area contributed by atoms with E-state index in [0.29, 0.717) is 35.5 Å². The van der Waals surface area contributed by atoms with E-state index >= 15 is 0 Å². The zero-order valence-electron chi connectivity index (χ0n) is 18.2. The molecule has 5 rings (SSSR count). The van der Waals surface area contributed by atoms with Crippen molar-refractivity contribution in [1.82, 2.24) is 9.55 Å². The Morgan fingerprint density at radius 3 is 2.58 bits per heavy atom. The SMILES string of the molecule is CC.CCc1c2c(nc3ccc(O)cc13)-c1cc3c(c(=O)n1C2)COC(=O)[C@@]3(O)CC. The highest BCUT2D eigenvalue weighted by Crippen LogP contribution is 2.40. The number of carbonyl (C=O) groups is 1. The summed E-state index contributed by atoms with van der Waals surface area (Å²) >= 11 is 0. The fourth-order valence-corrected chi connectivity index (χ4v) is 4.55. The maximum Gasteiger partial charge on any atom is 0.343 e. The molecule has 7 nitrogen and oxygen atoms in total. The van der Waals surface area contributed by atoms with Crippen molar-refractivity contribution in [1.29, 1.82) is 0 Å². The number of pyridine rings is 2. The Morgan fingerprint density at radius 2 is 1.90 bits per heavy atom. The van der Waals surface area contributed by atoms with Crippen molar-refractivity contribution in [2.75, 3.05) is 0 Å². The Hall–Kier alpha value is -3.19. The lowest BCUT2D eigenvalue weighted by Crippen LogP contribution is -2.44. The van der Waals surface area contributed by atoms with Crippen LogP contribution in [-0.2, 0) is 34.7 Å². The van der Waals surface area contributed by atoms with E-state index in [4.69, 9.17) is 9.72 Å². The summed E-state index contributed by atoms with van der Waals surface area (Å²) in [6, 6.07) is 6.75. The van der Waals surface area contributed by atoms with Gasteiger partial charge in [-0.05, 0) is 42.7 Å². The predicted octanol–water partition coefficient (Wildman–Crippen LogP) is 3.37. The number of phenolic OH excluding ortho intramolecular Hbond substituents is 1. The van der Waals surface area contributed by atoms with Gasteiger partial charge in [-0.15, -0.1) is 0 Å². The van der Waals surface area contributed by atoms with Crippen LogP contribution in [0, 0.1) is 0 Å². The summed E-state index contributed by atoms with van der Waals surface area (Å²) in [4.78, 5) is 30.2. The van der Waals surface area contributed by atoms with E-state index in [0.717, 1.165) is 22.0 Å². The van der Waals surface area contributed by atoms with Crippen LogP contribution >= 0.6 is 0 Å². The highest BCUT2D eigenvalue weighted by Gasteiger charge is 2.45. The Labute approximate surface area is 179 Å². The van der Waals surface area contributed by atoms with Crippen molar-refractivity contribution in [3.05, 3.63) is 56.9 Å². The Kier molecular flexibility index (Phi) is 5.09. The van der Waals surface area contributed by atoms with E-state index in [1.54, 1.807) is 35.8 Å². The lowest BCUT2D eigenvalue weighted by atomic mass is 9.86. The third-order valence-corrected chi connectivity index (χ3v) is 6.14. The first-order valence-electron chi connectivity index (χ1n) is 10.7. The highest BCUT2D eigenvalue weighted by atomic mass is 16.6. The maximum absolute atomic E-state index is 13.2. The summed E-state index contributed by atoms with van der Waals surface area (Å²) < 4.78 is 6.73.